The highest BCUT2D eigenvalue weighted by Crippen LogP contribution is 2.22. The number of hydrogen-bond acceptors (Lipinski definition) is 1. The predicted molar refractivity (Wildman–Crippen MR) is 51.8 cm³/mol. The molecule has 0 fully saturated rings. The van der Waals surface area contributed by atoms with E-state index in [0.717, 1.165) is 18.8 Å². The van der Waals surface area contributed by atoms with Crippen LogP contribution in [-0.2, 0) is 0 Å². The summed E-state index contributed by atoms with van der Waals surface area (Å²) in [5.74, 6) is 0. The summed E-state index contributed by atoms with van der Waals surface area (Å²) in [6.45, 7) is 6.01. The molecule has 12 heavy (non-hydrogen) atoms. The number of benzene rings is 1. The summed E-state index contributed by atoms with van der Waals surface area (Å²) in [4.78, 5) is 2.12. The van der Waals surface area contributed by atoms with Crippen molar-refractivity contribution in [1.82, 2.24) is 5.73 Å². The Kier molecular flexibility index (Phi) is 2.97. The van der Waals surface area contributed by atoms with Gasteiger partial charge in [0, 0.05) is 13.1 Å². The summed E-state index contributed by atoms with van der Waals surface area (Å²) in [5.41, 5.74) is 10.8. The minimum atomic E-state index is 0.362. The van der Waals surface area contributed by atoms with Gasteiger partial charge in [-0.15, -0.1) is 5.73 Å². The zero-order chi connectivity index (χ0) is 8.97. The zero-order valence-corrected chi connectivity index (χ0v) is 7.62. The van der Waals surface area contributed by atoms with E-state index < -0.39 is 0 Å². The van der Waals surface area contributed by atoms with Gasteiger partial charge in [-0.3, -0.25) is 0 Å². The van der Waals surface area contributed by atoms with Gasteiger partial charge in [-0.05, 0) is 26.0 Å². The maximum Gasteiger partial charge on any atom is 0.109 e. The van der Waals surface area contributed by atoms with Gasteiger partial charge in [0.1, 0.15) is 5.69 Å². The van der Waals surface area contributed by atoms with Gasteiger partial charge in [-0.25, -0.2) is 0 Å². The van der Waals surface area contributed by atoms with Crippen molar-refractivity contribution in [2.75, 3.05) is 18.0 Å². The van der Waals surface area contributed by atoms with E-state index in [1.165, 1.54) is 0 Å². The topological polar surface area (TPSA) is 25.5 Å². The minimum absolute atomic E-state index is 0.362. The summed E-state index contributed by atoms with van der Waals surface area (Å²) >= 11 is 0. The monoisotopic (exact) mass is 162 g/mol. The molecule has 2 radical (unpaired) electrons. The SMILES string of the molecule is CCN(CC)c1ccccc1[N]. The predicted octanol–water partition coefficient (Wildman–Crippen LogP) is 2.23. The number of rotatable bonds is 3. The van der Waals surface area contributed by atoms with Gasteiger partial charge in [0.15, 0.2) is 0 Å². The van der Waals surface area contributed by atoms with E-state index in [4.69, 9.17) is 0 Å². The second kappa shape index (κ2) is 4.00. The molecule has 0 bridgehead atoms. The first-order valence-corrected chi connectivity index (χ1v) is 4.32. The van der Waals surface area contributed by atoms with Crippen LogP contribution >= 0.6 is 0 Å². The summed E-state index contributed by atoms with van der Waals surface area (Å²) in [6.07, 6.45) is 0. The maximum atomic E-state index is 9.50. The lowest BCUT2D eigenvalue weighted by atomic mass is 10.2. The van der Waals surface area contributed by atoms with Gasteiger partial charge >= 0.3 is 0 Å². The van der Waals surface area contributed by atoms with Crippen molar-refractivity contribution in [3.05, 3.63) is 24.3 Å². The van der Waals surface area contributed by atoms with E-state index in [9.17, 15) is 5.73 Å². The minimum Gasteiger partial charge on any atom is -0.370 e. The van der Waals surface area contributed by atoms with Gasteiger partial charge in [0.05, 0.1) is 5.69 Å². The second-order valence-corrected chi connectivity index (χ2v) is 2.66. The van der Waals surface area contributed by atoms with Crippen molar-refractivity contribution >= 4 is 11.4 Å². The summed E-state index contributed by atoms with van der Waals surface area (Å²) in [7, 11) is 0. The van der Waals surface area contributed by atoms with Crippen LogP contribution in [0.25, 0.3) is 0 Å². The average molecular weight is 162 g/mol. The highest BCUT2D eigenvalue weighted by atomic mass is 15.1. The van der Waals surface area contributed by atoms with Crippen molar-refractivity contribution in [2.45, 2.75) is 13.8 Å². The Morgan fingerprint density at radius 3 is 2.25 bits per heavy atom. The van der Waals surface area contributed by atoms with Crippen LogP contribution in [0, 0.1) is 0 Å². The standard InChI is InChI=1S/C10H14N2/c1-3-12(4-2)10-8-6-5-7-9(10)11/h5-8H,3-4H2,1-2H3. The van der Waals surface area contributed by atoms with Crippen molar-refractivity contribution in [3.8, 4) is 0 Å². The van der Waals surface area contributed by atoms with Crippen LogP contribution in [0.1, 0.15) is 13.8 Å². The van der Waals surface area contributed by atoms with Gasteiger partial charge < -0.3 is 4.90 Å². The van der Waals surface area contributed by atoms with Crippen LogP contribution in [0.5, 0.6) is 0 Å². The fourth-order valence-corrected chi connectivity index (χ4v) is 1.30. The molecule has 0 unspecified atom stereocenters. The first kappa shape index (κ1) is 8.91. The van der Waals surface area contributed by atoms with Crippen molar-refractivity contribution in [2.24, 2.45) is 0 Å². The van der Waals surface area contributed by atoms with Crippen LogP contribution in [0.15, 0.2) is 24.3 Å². The van der Waals surface area contributed by atoms with Crippen LogP contribution in [0.3, 0.4) is 0 Å². The summed E-state index contributed by atoms with van der Waals surface area (Å²) in [6, 6.07) is 7.42. The molecule has 0 N–H and O–H groups in total. The van der Waals surface area contributed by atoms with E-state index in [1.807, 2.05) is 18.2 Å². The van der Waals surface area contributed by atoms with Crippen molar-refractivity contribution in [3.63, 3.8) is 0 Å². The molecule has 0 amide bonds. The Labute approximate surface area is 74.0 Å². The Hall–Kier alpha value is -1.18. The smallest absolute Gasteiger partial charge is 0.109 e. The number of hydrogen-bond donors (Lipinski definition) is 0. The molecule has 0 aliphatic heterocycles. The second-order valence-electron chi connectivity index (χ2n) is 2.66. The third-order valence-electron chi connectivity index (χ3n) is 1.99. The number of anilines is 1. The van der Waals surface area contributed by atoms with E-state index in [2.05, 4.69) is 18.7 Å². The van der Waals surface area contributed by atoms with E-state index in [1.54, 1.807) is 6.07 Å². The van der Waals surface area contributed by atoms with E-state index >= 15 is 0 Å². The van der Waals surface area contributed by atoms with Crippen LogP contribution in [0.2, 0.25) is 0 Å². The normalized spacial score (nSPS) is 9.83. The molecule has 0 spiro atoms. The molecule has 0 saturated carbocycles. The molecule has 0 saturated heterocycles. The molecule has 0 aliphatic carbocycles. The van der Waals surface area contributed by atoms with Crippen molar-refractivity contribution < 1.29 is 0 Å². The lowest BCUT2D eigenvalue weighted by molar-refractivity contribution is 0.866. The largest absolute Gasteiger partial charge is 0.370 e. The van der Waals surface area contributed by atoms with Crippen molar-refractivity contribution in [1.29, 1.82) is 0 Å². The van der Waals surface area contributed by atoms with E-state index in [0.29, 0.717) is 5.69 Å². The number of nitrogens with zero attached hydrogens (tertiary/aromatic N) is 2. The Morgan fingerprint density at radius 1 is 1.17 bits per heavy atom. The average Bonchev–Trinajstić information content (AvgIpc) is 2.10. The molecular weight excluding hydrogens is 148 g/mol. The molecule has 0 heterocycles. The van der Waals surface area contributed by atoms with Crippen LogP contribution in [0.4, 0.5) is 11.4 Å². The lowest BCUT2D eigenvalue weighted by Crippen LogP contribution is -2.21. The quantitative estimate of drug-likeness (QED) is 0.669. The molecule has 1 aromatic rings. The maximum absolute atomic E-state index is 9.50. The fourth-order valence-electron chi connectivity index (χ4n) is 1.30. The number of para-hydroxylation sites is 1. The van der Waals surface area contributed by atoms with Gasteiger partial charge in [0.25, 0.3) is 0 Å². The highest BCUT2D eigenvalue weighted by Gasteiger charge is 2.04. The molecule has 0 atom stereocenters. The van der Waals surface area contributed by atoms with Gasteiger partial charge in [-0.1, -0.05) is 12.1 Å². The van der Waals surface area contributed by atoms with E-state index in [-0.39, 0.29) is 0 Å². The fraction of sp³-hybridized carbons (Fsp3) is 0.400. The Bertz CT molecular complexity index is 241. The molecule has 2 nitrogen and oxygen atoms in total. The third-order valence-corrected chi connectivity index (χ3v) is 1.99. The van der Waals surface area contributed by atoms with Crippen LogP contribution < -0.4 is 10.6 Å². The molecule has 64 valence electrons. The molecular formula is C10H14N2. The van der Waals surface area contributed by atoms with Gasteiger partial charge in [0.2, 0.25) is 0 Å². The Morgan fingerprint density at radius 2 is 1.75 bits per heavy atom. The lowest BCUT2D eigenvalue weighted by Gasteiger charge is -2.21. The van der Waals surface area contributed by atoms with Crippen LogP contribution in [-0.4, -0.2) is 13.1 Å². The molecule has 1 rings (SSSR count). The van der Waals surface area contributed by atoms with Gasteiger partial charge in [-0.2, -0.15) is 0 Å². The Balaban J connectivity index is 2.92. The third kappa shape index (κ3) is 1.70. The first-order chi connectivity index (χ1) is 5.79. The molecule has 2 heteroatoms. The molecule has 0 aromatic heterocycles. The summed E-state index contributed by atoms with van der Waals surface area (Å²) in [5, 5.41) is 0. The molecule has 1 aromatic carbocycles. The summed E-state index contributed by atoms with van der Waals surface area (Å²) < 4.78 is 0. The highest BCUT2D eigenvalue weighted by molar-refractivity contribution is 5.64. The molecule has 0 aliphatic rings. The first-order valence-electron chi connectivity index (χ1n) is 4.32. The zero-order valence-electron chi connectivity index (χ0n) is 7.62.